The maximum Gasteiger partial charge on any atom is 0.414 e. The van der Waals surface area contributed by atoms with Gasteiger partial charge in [0.2, 0.25) is 0 Å². The molecule has 0 aliphatic rings. The smallest absolute Gasteiger partial charge is 0.414 e. The van der Waals surface area contributed by atoms with E-state index in [2.05, 4.69) is 50.8 Å². The molecule has 142 valence electrons. The SMILES string of the molecule is CCN(CC)CCOCCOc1c(C)cccc1C.O=C(O)C(=O)O. The minimum Gasteiger partial charge on any atom is -0.491 e. The Morgan fingerprint density at radius 1 is 0.960 bits per heavy atom. The number of benzene rings is 1. The van der Waals surface area contributed by atoms with E-state index in [0.717, 1.165) is 32.0 Å². The lowest BCUT2D eigenvalue weighted by Gasteiger charge is -2.17. The normalized spacial score (nSPS) is 10.1. The van der Waals surface area contributed by atoms with Crippen molar-refractivity contribution in [3.05, 3.63) is 29.3 Å². The van der Waals surface area contributed by atoms with Gasteiger partial charge in [0.1, 0.15) is 12.4 Å². The molecule has 0 amide bonds. The van der Waals surface area contributed by atoms with Crippen LogP contribution in [0.3, 0.4) is 0 Å². The van der Waals surface area contributed by atoms with Gasteiger partial charge in [-0.3, -0.25) is 0 Å². The second-order valence-corrected chi connectivity index (χ2v) is 5.32. The summed E-state index contributed by atoms with van der Waals surface area (Å²) in [5.41, 5.74) is 2.37. The highest BCUT2D eigenvalue weighted by Crippen LogP contribution is 2.21. The van der Waals surface area contributed by atoms with E-state index in [4.69, 9.17) is 29.3 Å². The van der Waals surface area contributed by atoms with Gasteiger partial charge in [-0.15, -0.1) is 0 Å². The molecule has 7 heteroatoms. The van der Waals surface area contributed by atoms with Crippen LogP contribution in [-0.4, -0.2) is 66.5 Å². The molecule has 0 aliphatic carbocycles. The molecule has 1 rings (SSSR count). The van der Waals surface area contributed by atoms with Gasteiger partial charge in [0.05, 0.1) is 13.2 Å². The molecule has 0 radical (unpaired) electrons. The second-order valence-electron chi connectivity index (χ2n) is 5.32. The molecular weight excluding hydrogens is 326 g/mol. The molecule has 2 N–H and O–H groups in total. The first-order valence-corrected chi connectivity index (χ1v) is 8.28. The summed E-state index contributed by atoms with van der Waals surface area (Å²) in [4.78, 5) is 20.6. The number of carbonyl (C=O) groups is 2. The number of hydrogen-bond donors (Lipinski definition) is 2. The van der Waals surface area contributed by atoms with E-state index in [1.807, 2.05) is 0 Å². The summed E-state index contributed by atoms with van der Waals surface area (Å²) in [6.45, 7) is 13.7. The van der Waals surface area contributed by atoms with Crippen molar-refractivity contribution in [2.75, 3.05) is 39.5 Å². The summed E-state index contributed by atoms with van der Waals surface area (Å²) in [5.74, 6) is -2.65. The first-order chi connectivity index (χ1) is 11.8. The van der Waals surface area contributed by atoms with Crippen LogP contribution in [0.5, 0.6) is 5.75 Å². The second kappa shape index (κ2) is 13.2. The highest BCUT2D eigenvalue weighted by Gasteiger charge is 2.04. The lowest BCUT2D eigenvalue weighted by molar-refractivity contribution is -0.159. The largest absolute Gasteiger partial charge is 0.491 e. The van der Waals surface area contributed by atoms with Crippen molar-refractivity contribution in [2.24, 2.45) is 0 Å². The fraction of sp³-hybridized carbons (Fsp3) is 0.556. The topological polar surface area (TPSA) is 96.3 Å². The van der Waals surface area contributed by atoms with E-state index in [-0.39, 0.29) is 0 Å². The van der Waals surface area contributed by atoms with Gasteiger partial charge in [0, 0.05) is 6.54 Å². The third kappa shape index (κ3) is 10.4. The highest BCUT2D eigenvalue weighted by atomic mass is 16.5. The van der Waals surface area contributed by atoms with Gasteiger partial charge in [-0.25, -0.2) is 9.59 Å². The Morgan fingerprint density at radius 3 is 1.92 bits per heavy atom. The van der Waals surface area contributed by atoms with Crippen molar-refractivity contribution < 1.29 is 29.3 Å². The minimum atomic E-state index is -1.82. The van der Waals surface area contributed by atoms with Gasteiger partial charge in [-0.1, -0.05) is 32.0 Å². The van der Waals surface area contributed by atoms with Gasteiger partial charge >= 0.3 is 11.9 Å². The zero-order valence-electron chi connectivity index (χ0n) is 15.4. The van der Waals surface area contributed by atoms with Crippen LogP contribution in [0.2, 0.25) is 0 Å². The molecule has 0 saturated heterocycles. The Balaban J connectivity index is 0.000000823. The molecule has 1 aromatic rings. The predicted molar refractivity (Wildman–Crippen MR) is 95.3 cm³/mol. The van der Waals surface area contributed by atoms with Crippen LogP contribution in [-0.2, 0) is 14.3 Å². The number of aliphatic carboxylic acids is 2. The number of hydrogen-bond acceptors (Lipinski definition) is 5. The van der Waals surface area contributed by atoms with Crippen LogP contribution in [0.1, 0.15) is 25.0 Å². The fourth-order valence-electron chi connectivity index (χ4n) is 2.07. The van der Waals surface area contributed by atoms with Crippen LogP contribution in [0.25, 0.3) is 0 Å². The quantitative estimate of drug-likeness (QED) is 0.518. The Bertz CT molecular complexity index is 496. The molecular formula is C18H29NO6. The van der Waals surface area contributed by atoms with E-state index in [0.29, 0.717) is 13.2 Å². The molecule has 0 fully saturated rings. The average molecular weight is 355 g/mol. The van der Waals surface area contributed by atoms with Crippen molar-refractivity contribution in [3.8, 4) is 5.75 Å². The van der Waals surface area contributed by atoms with E-state index in [9.17, 15) is 0 Å². The van der Waals surface area contributed by atoms with Crippen LogP contribution in [0, 0.1) is 13.8 Å². The molecule has 25 heavy (non-hydrogen) atoms. The molecule has 0 aromatic heterocycles. The van der Waals surface area contributed by atoms with Crippen molar-refractivity contribution in [1.82, 2.24) is 4.90 Å². The number of likely N-dealkylation sites (N-methyl/N-ethyl adjacent to an activating group) is 1. The van der Waals surface area contributed by atoms with E-state index >= 15 is 0 Å². The van der Waals surface area contributed by atoms with Crippen molar-refractivity contribution >= 4 is 11.9 Å². The fourth-order valence-corrected chi connectivity index (χ4v) is 2.07. The Labute approximate surface area is 149 Å². The third-order valence-corrected chi connectivity index (χ3v) is 3.51. The summed E-state index contributed by atoms with van der Waals surface area (Å²) < 4.78 is 11.4. The number of nitrogens with zero attached hydrogens (tertiary/aromatic N) is 1. The first-order valence-electron chi connectivity index (χ1n) is 8.28. The standard InChI is InChI=1S/C16H27NO2.C2H2O4/c1-5-17(6-2)10-11-18-12-13-19-16-14(3)8-7-9-15(16)4;3-1(4)2(5)6/h7-9H,5-6,10-13H2,1-4H3;(H,3,4)(H,5,6). The third-order valence-electron chi connectivity index (χ3n) is 3.51. The van der Waals surface area contributed by atoms with E-state index in [1.165, 1.54) is 11.1 Å². The van der Waals surface area contributed by atoms with Gasteiger partial charge in [-0.05, 0) is 38.1 Å². The molecule has 0 bridgehead atoms. The zero-order valence-corrected chi connectivity index (χ0v) is 15.4. The Morgan fingerprint density at radius 2 is 1.48 bits per heavy atom. The lowest BCUT2D eigenvalue weighted by atomic mass is 10.1. The van der Waals surface area contributed by atoms with Crippen LogP contribution >= 0.6 is 0 Å². The molecule has 0 aliphatic heterocycles. The summed E-state index contributed by atoms with van der Waals surface area (Å²) in [6.07, 6.45) is 0. The number of rotatable bonds is 9. The van der Waals surface area contributed by atoms with Crippen molar-refractivity contribution in [2.45, 2.75) is 27.7 Å². The lowest BCUT2D eigenvalue weighted by Crippen LogP contribution is -2.27. The minimum absolute atomic E-state index is 0.615. The Hall–Kier alpha value is -2.12. The molecule has 1 aromatic carbocycles. The van der Waals surface area contributed by atoms with Gasteiger partial charge < -0.3 is 24.6 Å². The molecule has 0 unspecified atom stereocenters. The molecule has 0 saturated carbocycles. The molecule has 0 atom stereocenters. The summed E-state index contributed by atoms with van der Waals surface area (Å²) in [7, 11) is 0. The van der Waals surface area contributed by atoms with E-state index < -0.39 is 11.9 Å². The molecule has 0 spiro atoms. The first kappa shape index (κ1) is 22.9. The summed E-state index contributed by atoms with van der Waals surface area (Å²) >= 11 is 0. The number of aryl methyl sites for hydroxylation is 2. The summed E-state index contributed by atoms with van der Waals surface area (Å²) in [5, 5.41) is 14.8. The molecule has 7 nitrogen and oxygen atoms in total. The average Bonchev–Trinajstić information content (AvgIpc) is 2.57. The number of carboxylic acid groups (broad SMARTS) is 2. The zero-order chi connectivity index (χ0) is 19.2. The molecule has 0 heterocycles. The van der Waals surface area contributed by atoms with Crippen LogP contribution < -0.4 is 4.74 Å². The van der Waals surface area contributed by atoms with E-state index in [1.54, 1.807) is 0 Å². The summed E-state index contributed by atoms with van der Waals surface area (Å²) in [6, 6.07) is 6.20. The highest BCUT2D eigenvalue weighted by molar-refractivity contribution is 6.27. The van der Waals surface area contributed by atoms with Gasteiger partial charge in [0.15, 0.2) is 0 Å². The number of para-hydroxylation sites is 1. The van der Waals surface area contributed by atoms with Gasteiger partial charge in [0.25, 0.3) is 0 Å². The monoisotopic (exact) mass is 355 g/mol. The number of carboxylic acids is 2. The van der Waals surface area contributed by atoms with Crippen LogP contribution in [0.4, 0.5) is 0 Å². The maximum atomic E-state index is 9.10. The maximum absolute atomic E-state index is 9.10. The van der Waals surface area contributed by atoms with Crippen LogP contribution in [0.15, 0.2) is 18.2 Å². The van der Waals surface area contributed by atoms with Crippen molar-refractivity contribution in [3.63, 3.8) is 0 Å². The van der Waals surface area contributed by atoms with Gasteiger partial charge in [-0.2, -0.15) is 0 Å². The Kier molecular flexibility index (Phi) is 12.1. The number of ether oxygens (including phenoxy) is 2. The predicted octanol–water partition coefficient (Wildman–Crippen LogP) is 2.20. The van der Waals surface area contributed by atoms with Crippen molar-refractivity contribution in [1.29, 1.82) is 0 Å².